The molecule has 3 aromatic rings. The number of ketones is 1. The highest BCUT2D eigenvalue weighted by molar-refractivity contribution is 5.97. The van der Waals surface area contributed by atoms with Crippen molar-refractivity contribution in [3.63, 3.8) is 0 Å². The van der Waals surface area contributed by atoms with Gasteiger partial charge in [-0.05, 0) is 55.8 Å². The smallest absolute Gasteiger partial charge is 0.227 e. The molecule has 0 saturated heterocycles. The van der Waals surface area contributed by atoms with Gasteiger partial charge in [0.15, 0.2) is 11.4 Å². The van der Waals surface area contributed by atoms with Gasteiger partial charge >= 0.3 is 0 Å². The molecular formula is C25H31NO3. The van der Waals surface area contributed by atoms with Crippen LogP contribution in [-0.2, 0) is 0 Å². The lowest BCUT2D eigenvalue weighted by Crippen LogP contribution is -1.97. The van der Waals surface area contributed by atoms with Gasteiger partial charge in [-0.3, -0.25) is 4.79 Å². The first-order valence-electron chi connectivity index (χ1n) is 10.8. The second-order valence-electron chi connectivity index (χ2n) is 7.61. The summed E-state index contributed by atoms with van der Waals surface area (Å²) in [5.41, 5.74) is 2.91. The van der Waals surface area contributed by atoms with Crippen molar-refractivity contribution in [1.29, 1.82) is 0 Å². The summed E-state index contributed by atoms with van der Waals surface area (Å²) in [6.45, 7) is 4.56. The highest BCUT2D eigenvalue weighted by atomic mass is 16.5. The van der Waals surface area contributed by atoms with Gasteiger partial charge in [-0.15, -0.1) is 0 Å². The number of unbranched alkanes of at least 4 members (excludes halogenated alkanes) is 7. The van der Waals surface area contributed by atoms with Crippen LogP contribution in [-0.4, -0.2) is 17.4 Å². The summed E-state index contributed by atoms with van der Waals surface area (Å²) in [5, 5.41) is 0. The molecule has 0 aliphatic carbocycles. The number of carbonyl (C=O) groups excluding carboxylic acids is 1. The SMILES string of the molecule is CCCCCCCCCCOc1ccc(-c2nc3cc(C(C)=O)ccc3o2)cc1. The Morgan fingerprint density at radius 2 is 1.62 bits per heavy atom. The molecule has 1 heterocycles. The Kier molecular flexibility index (Phi) is 7.85. The topological polar surface area (TPSA) is 52.3 Å². The van der Waals surface area contributed by atoms with Gasteiger partial charge in [0.25, 0.3) is 0 Å². The van der Waals surface area contributed by atoms with E-state index in [1.165, 1.54) is 44.9 Å². The van der Waals surface area contributed by atoms with Crippen LogP contribution in [0.25, 0.3) is 22.6 Å². The third-order valence-electron chi connectivity index (χ3n) is 5.16. The van der Waals surface area contributed by atoms with Crippen molar-refractivity contribution in [1.82, 2.24) is 4.98 Å². The van der Waals surface area contributed by atoms with E-state index in [1.54, 1.807) is 25.1 Å². The Balaban J connectivity index is 1.46. The molecule has 154 valence electrons. The molecule has 0 amide bonds. The molecule has 4 heteroatoms. The molecule has 0 fully saturated rings. The average Bonchev–Trinajstić information content (AvgIpc) is 3.16. The van der Waals surface area contributed by atoms with Crippen LogP contribution in [0.15, 0.2) is 46.9 Å². The largest absolute Gasteiger partial charge is 0.494 e. The first kappa shape index (κ1) is 21.1. The lowest BCUT2D eigenvalue weighted by molar-refractivity contribution is 0.101. The summed E-state index contributed by atoms with van der Waals surface area (Å²) < 4.78 is 11.7. The molecule has 0 radical (unpaired) electrons. The van der Waals surface area contributed by atoms with Crippen molar-refractivity contribution >= 4 is 16.9 Å². The standard InChI is InChI=1S/C25H31NO3/c1-3-4-5-6-7-8-9-10-17-28-22-14-11-20(12-15-22)25-26-23-18-21(19(2)27)13-16-24(23)29-25/h11-16,18H,3-10,17H2,1-2H3. The molecule has 4 nitrogen and oxygen atoms in total. The van der Waals surface area contributed by atoms with Crippen LogP contribution in [0.5, 0.6) is 5.75 Å². The van der Waals surface area contributed by atoms with E-state index in [2.05, 4.69) is 11.9 Å². The molecule has 0 saturated carbocycles. The zero-order valence-corrected chi connectivity index (χ0v) is 17.6. The number of hydrogen-bond acceptors (Lipinski definition) is 4. The van der Waals surface area contributed by atoms with E-state index in [9.17, 15) is 4.79 Å². The van der Waals surface area contributed by atoms with E-state index in [0.717, 1.165) is 24.3 Å². The molecule has 0 unspecified atom stereocenters. The van der Waals surface area contributed by atoms with Crippen LogP contribution in [0.4, 0.5) is 0 Å². The Morgan fingerprint density at radius 1 is 0.931 bits per heavy atom. The van der Waals surface area contributed by atoms with Gasteiger partial charge in [0.05, 0.1) is 6.61 Å². The van der Waals surface area contributed by atoms with E-state index in [4.69, 9.17) is 9.15 Å². The molecule has 0 aliphatic rings. The highest BCUT2D eigenvalue weighted by Crippen LogP contribution is 2.26. The van der Waals surface area contributed by atoms with E-state index < -0.39 is 0 Å². The maximum atomic E-state index is 11.5. The van der Waals surface area contributed by atoms with Crippen molar-refractivity contribution < 1.29 is 13.9 Å². The molecule has 2 aromatic carbocycles. The molecule has 29 heavy (non-hydrogen) atoms. The predicted molar refractivity (Wildman–Crippen MR) is 118 cm³/mol. The number of hydrogen-bond donors (Lipinski definition) is 0. The molecule has 1 aromatic heterocycles. The zero-order chi connectivity index (χ0) is 20.5. The number of carbonyl (C=O) groups is 1. The van der Waals surface area contributed by atoms with E-state index in [1.807, 2.05) is 24.3 Å². The first-order valence-corrected chi connectivity index (χ1v) is 10.8. The fourth-order valence-electron chi connectivity index (χ4n) is 3.39. The van der Waals surface area contributed by atoms with Gasteiger partial charge in [-0.2, -0.15) is 0 Å². The third-order valence-corrected chi connectivity index (χ3v) is 5.16. The summed E-state index contributed by atoms with van der Waals surface area (Å²) >= 11 is 0. The number of rotatable bonds is 12. The van der Waals surface area contributed by atoms with Gasteiger partial charge in [-0.1, -0.05) is 51.9 Å². The van der Waals surface area contributed by atoms with Gasteiger partial charge in [-0.25, -0.2) is 4.98 Å². The van der Waals surface area contributed by atoms with Crippen LogP contribution < -0.4 is 4.74 Å². The Hall–Kier alpha value is -2.62. The minimum absolute atomic E-state index is 0.0226. The molecule has 0 bridgehead atoms. The molecule has 0 spiro atoms. The number of nitrogens with zero attached hydrogens (tertiary/aromatic N) is 1. The molecular weight excluding hydrogens is 362 g/mol. The lowest BCUT2D eigenvalue weighted by atomic mass is 10.1. The number of Topliss-reactive ketones (excluding diaryl/α,β-unsaturated/α-hetero) is 1. The van der Waals surface area contributed by atoms with Crippen LogP contribution in [0.1, 0.15) is 75.6 Å². The van der Waals surface area contributed by atoms with Crippen molar-refractivity contribution in [2.45, 2.75) is 65.2 Å². The van der Waals surface area contributed by atoms with Gasteiger partial charge in [0.2, 0.25) is 5.89 Å². The van der Waals surface area contributed by atoms with E-state index in [0.29, 0.717) is 22.6 Å². The van der Waals surface area contributed by atoms with Gasteiger partial charge < -0.3 is 9.15 Å². The molecule has 0 atom stereocenters. The number of benzene rings is 2. The lowest BCUT2D eigenvalue weighted by Gasteiger charge is -2.06. The highest BCUT2D eigenvalue weighted by Gasteiger charge is 2.10. The maximum absolute atomic E-state index is 11.5. The van der Waals surface area contributed by atoms with Crippen LogP contribution in [0.2, 0.25) is 0 Å². The van der Waals surface area contributed by atoms with Crippen molar-refractivity contribution in [2.24, 2.45) is 0 Å². The fourth-order valence-corrected chi connectivity index (χ4v) is 3.39. The molecule has 0 N–H and O–H groups in total. The quantitative estimate of drug-likeness (QED) is 0.241. The molecule has 3 rings (SSSR count). The number of ether oxygens (including phenoxy) is 1. The van der Waals surface area contributed by atoms with E-state index >= 15 is 0 Å². The average molecular weight is 394 g/mol. The number of fused-ring (bicyclic) bond motifs is 1. The Morgan fingerprint density at radius 3 is 2.31 bits per heavy atom. The first-order chi connectivity index (χ1) is 14.2. The van der Waals surface area contributed by atoms with Crippen LogP contribution >= 0.6 is 0 Å². The van der Waals surface area contributed by atoms with Gasteiger partial charge in [0, 0.05) is 11.1 Å². The summed E-state index contributed by atoms with van der Waals surface area (Å²) in [6.07, 6.45) is 10.4. The summed E-state index contributed by atoms with van der Waals surface area (Å²) in [5.74, 6) is 1.44. The normalized spacial score (nSPS) is 11.1. The Bertz CT molecular complexity index is 911. The predicted octanol–water partition coefficient (Wildman–Crippen LogP) is 7.22. The monoisotopic (exact) mass is 393 g/mol. The summed E-state index contributed by atoms with van der Waals surface area (Å²) in [6, 6.07) is 13.2. The van der Waals surface area contributed by atoms with Crippen molar-refractivity contribution in [2.75, 3.05) is 6.61 Å². The summed E-state index contributed by atoms with van der Waals surface area (Å²) in [4.78, 5) is 16.0. The van der Waals surface area contributed by atoms with E-state index in [-0.39, 0.29) is 5.78 Å². The zero-order valence-electron chi connectivity index (χ0n) is 17.6. The van der Waals surface area contributed by atoms with Crippen LogP contribution in [0.3, 0.4) is 0 Å². The maximum Gasteiger partial charge on any atom is 0.227 e. The molecule has 0 aliphatic heterocycles. The fraction of sp³-hybridized carbons (Fsp3) is 0.440. The second kappa shape index (κ2) is 10.8. The number of aromatic nitrogens is 1. The van der Waals surface area contributed by atoms with Gasteiger partial charge in [0.1, 0.15) is 11.3 Å². The van der Waals surface area contributed by atoms with Crippen molar-refractivity contribution in [3.8, 4) is 17.2 Å². The third kappa shape index (κ3) is 6.18. The summed E-state index contributed by atoms with van der Waals surface area (Å²) in [7, 11) is 0. The second-order valence-corrected chi connectivity index (χ2v) is 7.61. The number of oxazole rings is 1. The Labute approximate surface area is 173 Å². The van der Waals surface area contributed by atoms with Crippen LogP contribution in [0, 0.1) is 0 Å². The van der Waals surface area contributed by atoms with Crippen molar-refractivity contribution in [3.05, 3.63) is 48.0 Å². The minimum atomic E-state index is 0.0226. The minimum Gasteiger partial charge on any atom is -0.494 e.